The van der Waals surface area contributed by atoms with E-state index in [0.717, 1.165) is 11.8 Å². The van der Waals surface area contributed by atoms with Crippen molar-refractivity contribution in [2.24, 2.45) is 11.8 Å². The van der Waals surface area contributed by atoms with Crippen LogP contribution in [0.5, 0.6) is 0 Å². The molecule has 1 fully saturated rings. The maximum atomic E-state index is 4.17. The third kappa shape index (κ3) is 3.38. The van der Waals surface area contributed by atoms with Gasteiger partial charge >= 0.3 is 0 Å². The van der Waals surface area contributed by atoms with Crippen LogP contribution in [0.2, 0.25) is 0 Å². The highest BCUT2D eigenvalue weighted by Crippen LogP contribution is 2.41. The van der Waals surface area contributed by atoms with E-state index in [0.29, 0.717) is 0 Å². The van der Waals surface area contributed by atoms with Gasteiger partial charge in [0, 0.05) is 0 Å². The standard InChI is InChI=1S/C13H22/c1-4-6-7-8-11(3)13(5-2)12-9-10-12/h7-8,12-13H,3-6,9-10H2,1-2H3. The molecule has 74 valence electrons. The molecule has 0 spiro atoms. The third-order valence-corrected chi connectivity index (χ3v) is 2.89. The fourth-order valence-corrected chi connectivity index (χ4v) is 1.92. The van der Waals surface area contributed by atoms with Crippen LogP contribution in [0, 0.1) is 11.8 Å². The van der Waals surface area contributed by atoms with Gasteiger partial charge in [-0.25, -0.2) is 0 Å². The SMILES string of the molecule is C=C(C=CCCC)C(CC)C1CC1. The van der Waals surface area contributed by atoms with Gasteiger partial charge in [0.15, 0.2) is 0 Å². The van der Waals surface area contributed by atoms with E-state index in [-0.39, 0.29) is 0 Å². The summed E-state index contributed by atoms with van der Waals surface area (Å²) in [5, 5.41) is 0. The van der Waals surface area contributed by atoms with Crippen molar-refractivity contribution in [2.75, 3.05) is 0 Å². The van der Waals surface area contributed by atoms with Crippen molar-refractivity contribution >= 4 is 0 Å². The van der Waals surface area contributed by atoms with Crippen LogP contribution in [0.15, 0.2) is 24.3 Å². The zero-order valence-corrected chi connectivity index (χ0v) is 9.05. The average molecular weight is 178 g/mol. The van der Waals surface area contributed by atoms with Crippen LogP contribution in [-0.4, -0.2) is 0 Å². The van der Waals surface area contributed by atoms with E-state index in [9.17, 15) is 0 Å². The van der Waals surface area contributed by atoms with Gasteiger partial charge in [-0.2, -0.15) is 0 Å². The minimum absolute atomic E-state index is 0.771. The molecule has 1 aliphatic carbocycles. The maximum Gasteiger partial charge on any atom is -0.0142 e. The Labute approximate surface area is 82.7 Å². The van der Waals surface area contributed by atoms with Crippen molar-refractivity contribution in [2.45, 2.75) is 46.0 Å². The van der Waals surface area contributed by atoms with Gasteiger partial charge in [-0.05, 0) is 37.5 Å². The van der Waals surface area contributed by atoms with E-state index >= 15 is 0 Å². The summed E-state index contributed by atoms with van der Waals surface area (Å²) in [5.74, 6) is 1.73. The van der Waals surface area contributed by atoms with Crippen molar-refractivity contribution in [3.63, 3.8) is 0 Å². The Kier molecular flexibility index (Phi) is 4.27. The van der Waals surface area contributed by atoms with E-state index in [1.807, 2.05) is 0 Å². The molecule has 0 radical (unpaired) electrons. The number of hydrogen-bond acceptors (Lipinski definition) is 0. The number of unbranched alkanes of at least 4 members (excludes halogenated alkanes) is 1. The fraction of sp³-hybridized carbons (Fsp3) is 0.692. The second-order valence-electron chi connectivity index (χ2n) is 4.12. The summed E-state index contributed by atoms with van der Waals surface area (Å²) < 4.78 is 0. The monoisotopic (exact) mass is 178 g/mol. The van der Waals surface area contributed by atoms with Gasteiger partial charge < -0.3 is 0 Å². The van der Waals surface area contributed by atoms with Gasteiger partial charge in [0.05, 0.1) is 0 Å². The first kappa shape index (κ1) is 10.6. The Morgan fingerprint density at radius 3 is 2.62 bits per heavy atom. The maximum absolute atomic E-state index is 4.17. The Balaban J connectivity index is 2.34. The van der Waals surface area contributed by atoms with Crippen molar-refractivity contribution in [1.82, 2.24) is 0 Å². The topological polar surface area (TPSA) is 0 Å². The molecule has 1 rings (SSSR count). The Bertz CT molecular complexity index is 184. The summed E-state index contributed by atoms with van der Waals surface area (Å²) >= 11 is 0. The Morgan fingerprint density at radius 1 is 1.46 bits per heavy atom. The van der Waals surface area contributed by atoms with Gasteiger partial charge in [-0.1, -0.05) is 44.6 Å². The molecule has 13 heavy (non-hydrogen) atoms. The van der Waals surface area contributed by atoms with E-state index in [2.05, 4.69) is 32.6 Å². The zero-order chi connectivity index (χ0) is 9.68. The lowest BCUT2D eigenvalue weighted by Gasteiger charge is -2.13. The molecule has 0 nitrogen and oxygen atoms in total. The van der Waals surface area contributed by atoms with Gasteiger partial charge in [0.25, 0.3) is 0 Å². The second kappa shape index (κ2) is 5.26. The average Bonchev–Trinajstić information content (AvgIpc) is 2.90. The van der Waals surface area contributed by atoms with Gasteiger partial charge in [-0.3, -0.25) is 0 Å². The minimum atomic E-state index is 0.771. The number of allylic oxidation sites excluding steroid dienone is 3. The summed E-state index contributed by atoms with van der Waals surface area (Å²) in [6, 6.07) is 0. The molecule has 0 aromatic carbocycles. The summed E-state index contributed by atoms with van der Waals surface area (Å²) in [4.78, 5) is 0. The quantitative estimate of drug-likeness (QED) is 0.531. The predicted molar refractivity (Wildman–Crippen MR) is 59.7 cm³/mol. The van der Waals surface area contributed by atoms with Crippen molar-refractivity contribution < 1.29 is 0 Å². The molecule has 0 aromatic heterocycles. The highest BCUT2D eigenvalue weighted by Gasteiger charge is 2.30. The van der Waals surface area contributed by atoms with Gasteiger partial charge in [-0.15, -0.1) is 0 Å². The molecule has 0 heteroatoms. The molecule has 1 unspecified atom stereocenters. The molecule has 0 aliphatic heterocycles. The molecule has 1 saturated carbocycles. The Morgan fingerprint density at radius 2 is 2.15 bits per heavy atom. The largest absolute Gasteiger partial charge is 0.0956 e. The number of hydrogen-bond donors (Lipinski definition) is 0. The summed E-state index contributed by atoms with van der Waals surface area (Å²) in [7, 11) is 0. The first-order valence-electron chi connectivity index (χ1n) is 5.64. The van der Waals surface area contributed by atoms with Crippen LogP contribution in [0.25, 0.3) is 0 Å². The van der Waals surface area contributed by atoms with Gasteiger partial charge in [0.1, 0.15) is 0 Å². The lowest BCUT2D eigenvalue weighted by Crippen LogP contribution is -2.02. The van der Waals surface area contributed by atoms with Crippen LogP contribution in [0.4, 0.5) is 0 Å². The highest BCUT2D eigenvalue weighted by molar-refractivity contribution is 5.20. The van der Waals surface area contributed by atoms with E-state index in [4.69, 9.17) is 0 Å². The first-order valence-corrected chi connectivity index (χ1v) is 5.64. The van der Waals surface area contributed by atoms with Crippen molar-refractivity contribution in [3.05, 3.63) is 24.3 Å². The molecule has 1 aliphatic rings. The highest BCUT2D eigenvalue weighted by atomic mass is 14.3. The molecule has 0 heterocycles. The predicted octanol–water partition coefficient (Wildman–Crippen LogP) is 4.34. The molecule has 0 amide bonds. The summed E-state index contributed by atoms with van der Waals surface area (Å²) in [5.41, 5.74) is 1.36. The zero-order valence-electron chi connectivity index (χ0n) is 9.05. The Hall–Kier alpha value is -0.520. The molecule has 0 bridgehead atoms. The van der Waals surface area contributed by atoms with Crippen molar-refractivity contribution in [1.29, 1.82) is 0 Å². The van der Waals surface area contributed by atoms with Crippen LogP contribution >= 0.6 is 0 Å². The smallest absolute Gasteiger partial charge is 0.0142 e. The molecule has 0 saturated heterocycles. The van der Waals surface area contributed by atoms with Crippen molar-refractivity contribution in [3.8, 4) is 0 Å². The molecular formula is C13H22. The van der Waals surface area contributed by atoms with Crippen LogP contribution in [0.1, 0.15) is 46.0 Å². The normalized spacial score (nSPS) is 19.2. The fourth-order valence-electron chi connectivity index (χ4n) is 1.92. The van der Waals surface area contributed by atoms with Crippen LogP contribution in [0.3, 0.4) is 0 Å². The van der Waals surface area contributed by atoms with E-state index in [1.165, 1.54) is 37.7 Å². The second-order valence-corrected chi connectivity index (χ2v) is 4.12. The van der Waals surface area contributed by atoms with Gasteiger partial charge in [0.2, 0.25) is 0 Å². The molecule has 0 N–H and O–H groups in total. The summed E-state index contributed by atoms with van der Waals surface area (Å²) in [6.07, 6.45) is 11.1. The molecule has 0 aromatic rings. The van der Waals surface area contributed by atoms with Crippen LogP contribution in [-0.2, 0) is 0 Å². The van der Waals surface area contributed by atoms with E-state index in [1.54, 1.807) is 0 Å². The van der Waals surface area contributed by atoms with Crippen LogP contribution < -0.4 is 0 Å². The van der Waals surface area contributed by atoms with E-state index < -0.39 is 0 Å². The lowest BCUT2D eigenvalue weighted by molar-refractivity contribution is 0.531. The number of rotatable bonds is 6. The molecule has 1 atom stereocenters. The minimum Gasteiger partial charge on any atom is -0.0956 e. The molecular weight excluding hydrogens is 156 g/mol. The third-order valence-electron chi connectivity index (χ3n) is 2.89. The summed E-state index contributed by atoms with van der Waals surface area (Å²) in [6.45, 7) is 8.67. The lowest BCUT2D eigenvalue weighted by atomic mass is 9.92. The first-order chi connectivity index (χ1) is 6.29.